The van der Waals surface area contributed by atoms with E-state index in [4.69, 9.17) is 4.12 Å². The van der Waals surface area contributed by atoms with Gasteiger partial charge >= 0.3 is 0 Å². The molecule has 0 saturated carbocycles. The minimum Gasteiger partial charge on any atom is -0.459 e. The van der Waals surface area contributed by atoms with Crippen molar-refractivity contribution in [2.75, 3.05) is 0 Å². The molecule has 0 radical (unpaired) electrons. The van der Waals surface area contributed by atoms with Crippen LogP contribution in [0.25, 0.3) is 0 Å². The van der Waals surface area contributed by atoms with Gasteiger partial charge < -0.3 is 4.12 Å². The molecule has 0 aliphatic carbocycles. The zero-order valence-electron chi connectivity index (χ0n) is 6.13. The summed E-state index contributed by atoms with van der Waals surface area (Å²) in [6.07, 6.45) is 4.13. The lowest BCUT2D eigenvalue weighted by atomic mass is 10.8. The van der Waals surface area contributed by atoms with Crippen LogP contribution in [0.4, 0.5) is 0 Å². The van der Waals surface area contributed by atoms with Crippen LogP contribution in [0.5, 0.6) is 0 Å². The Balaban J connectivity index is 2.91. The molecule has 3 heteroatoms. The molecule has 0 amide bonds. The highest BCUT2D eigenvalue weighted by atomic mass is 28.3. The molecule has 0 spiro atoms. The van der Waals surface area contributed by atoms with Crippen molar-refractivity contribution in [1.82, 2.24) is 0 Å². The third kappa shape index (κ3) is 7.87. The molecule has 0 atom stereocenters. The molecule has 0 rings (SSSR count). The van der Waals surface area contributed by atoms with E-state index in [-0.39, 0.29) is 19.5 Å². The monoisotopic (exact) mass is 158 g/mol. The maximum Gasteiger partial charge on any atom is 0.170 e. The lowest BCUT2D eigenvalue weighted by Crippen LogP contribution is -1.98. The number of allylic oxidation sites excluding steroid dienone is 2. The van der Waals surface area contributed by atoms with E-state index in [1.165, 1.54) is 0 Å². The van der Waals surface area contributed by atoms with Gasteiger partial charge in [-0.2, -0.15) is 0 Å². The highest BCUT2D eigenvalue weighted by molar-refractivity contribution is 6.49. The molecule has 0 aliphatic rings. The predicted molar refractivity (Wildman–Crippen MR) is 47.8 cm³/mol. The fourth-order valence-corrected chi connectivity index (χ4v) is 2.41. The van der Waals surface area contributed by atoms with Gasteiger partial charge in [0.05, 0.1) is 0 Å². The van der Waals surface area contributed by atoms with Gasteiger partial charge in [0, 0.05) is 0 Å². The van der Waals surface area contributed by atoms with Crippen molar-refractivity contribution in [3.63, 3.8) is 0 Å². The Morgan fingerprint density at radius 3 is 1.78 bits per heavy atom. The highest BCUT2D eigenvalue weighted by Crippen LogP contribution is 1.72. The summed E-state index contributed by atoms with van der Waals surface area (Å²) in [7, 11) is -0.558. The number of rotatable bonds is 4. The molecule has 1 nitrogen and oxygen atoms in total. The minimum atomic E-state index is -0.279. The van der Waals surface area contributed by atoms with Gasteiger partial charge in [-0.05, 0) is 13.8 Å². The van der Waals surface area contributed by atoms with E-state index in [1.807, 2.05) is 13.8 Å². The van der Waals surface area contributed by atoms with Crippen LogP contribution in [0.1, 0.15) is 13.8 Å². The van der Waals surface area contributed by atoms with E-state index < -0.39 is 0 Å². The quantitative estimate of drug-likeness (QED) is 0.421. The van der Waals surface area contributed by atoms with Gasteiger partial charge in [0.15, 0.2) is 19.5 Å². The van der Waals surface area contributed by atoms with Crippen LogP contribution in [0.15, 0.2) is 23.6 Å². The largest absolute Gasteiger partial charge is 0.459 e. The first-order chi connectivity index (χ1) is 4.41. The van der Waals surface area contributed by atoms with Crippen molar-refractivity contribution in [3.05, 3.63) is 23.6 Å². The summed E-state index contributed by atoms with van der Waals surface area (Å²) in [5.74, 6) is 0. The van der Waals surface area contributed by atoms with Crippen molar-refractivity contribution >= 4 is 19.5 Å². The Bertz CT molecular complexity index is 87.2. The second-order valence-electron chi connectivity index (χ2n) is 1.68. The molecule has 52 valence electrons. The van der Waals surface area contributed by atoms with Crippen molar-refractivity contribution < 1.29 is 4.12 Å². The van der Waals surface area contributed by atoms with E-state index in [2.05, 4.69) is 23.6 Å². The average Bonchev–Trinajstić information content (AvgIpc) is 1.89. The predicted octanol–water partition coefficient (Wildman–Crippen LogP) is 0.238. The van der Waals surface area contributed by atoms with Crippen LogP contribution < -0.4 is 0 Å². The lowest BCUT2D eigenvalue weighted by molar-refractivity contribution is 0.661. The molecule has 0 fully saturated rings. The molecular weight excluding hydrogens is 144 g/mol. The van der Waals surface area contributed by atoms with Gasteiger partial charge in [-0.3, -0.25) is 0 Å². The first-order valence-corrected chi connectivity index (χ1v) is 6.00. The summed E-state index contributed by atoms with van der Waals surface area (Å²) < 4.78 is 5.42. The highest BCUT2D eigenvalue weighted by Gasteiger charge is 1.76. The second kappa shape index (κ2) is 7.87. The lowest BCUT2D eigenvalue weighted by Gasteiger charge is -1.91. The molecule has 0 aromatic rings. The Kier molecular flexibility index (Phi) is 7.76. The Hall–Kier alpha value is -0.126. The third-order valence-electron chi connectivity index (χ3n) is 0.900. The molecule has 0 saturated heterocycles. The van der Waals surface area contributed by atoms with Gasteiger partial charge in [0.1, 0.15) is 0 Å². The van der Waals surface area contributed by atoms with Crippen LogP contribution in [0, 0.1) is 0 Å². The number of hydrogen-bond acceptors (Lipinski definition) is 1. The van der Waals surface area contributed by atoms with E-state index >= 15 is 0 Å². The molecule has 0 aromatic heterocycles. The molecular formula is C6H14OSi2. The Morgan fingerprint density at radius 1 is 1.00 bits per heavy atom. The molecule has 0 N–H and O–H groups in total. The zero-order chi connectivity index (χ0) is 6.95. The normalized spacial score (nSPS) is 14.4. The SMILES string of the molecule is CC=C[SiH2]O[SiH2]C=CC. The van der Waals surface area contributed by atoms with Crippen molar-refractivity contribution in [1.29, 1.82) is 0 Å². The summed E-state index contributed by atoms with van der Waals surface area (Å²) in [6, 6.07) is 0. The summed E-state index contributed by atoms with van der Waals surface area (Å²) in [4.78, 5) is 0. The number of hydrogen-bond donors (Lipinski definition) is 0. The first kappa shape index (κ1) is 8.87. The average molecular weight is 158 g/mol. The standard InChI is InChI=1S/C6H14OSi2/c1-3-5-8-7-9-6-4-2/h3-6H,8-9H2,1-2H3. The molecule has 0 heterocycles. The van der Waals surface area contributed by atoms with Gasteiger partial charge in [-0.1, -0.05) is 23.6 Å². The van der Waals surface area contributed by atoms with Crippen LogP contribution >= 0.6 is 0 Å². The third-order valence-corrected chi connectivity index (χ3v) is 4.11. The van der Waals surface area contributed by atoms with Gasteiger partial charge in [0.2, 0.25) is 0 Å². The second-order valence-corrected chi connectivity index (χ2v) is 4.92. The van der Waals surface area contributed by atoms with Gasteiger partial charge in [-0.15, -0.1) is 0 Å². The maximum absolute atomic E-state index is 5.42. The molecule has 0 unspecified atom stereocenters. The minimum absolute atomic E-state index is 0.279. The molecule has 9 heavy (non-hydrogen) atoms. The Labute approximate surface area is 61.7 Å². The van der Waals surface area contributed by atoms with Crippen molar-refractivity contribution in [2.24, 2.45) is 0 Å². The smallest absolute Gasteiger partial charge is 0.170 e. The first-order valence-electron chi connectivity index (χ1n) is 3.22. The van der Waals surface area contributed by atoms with E-state index in [9.17, 15) is 0 Å². The molecule has 0 aliphatic heterocycles. The molecule has 0 aromatic carbocycles. The van der Waals surface area contributed by atoms with Crippen LogP contribution in [-0.2, 0) is 4.12 Å². The zero-order valence-corrected chi connectivity index (χ0v) is 8.96. The van der Waals surface area contributed by atoms with Crippen molar-refractivity contribution in [2.45, 2.75) is 13.8 Å². The van der Waals surface area contributed by atoms with Crippen LogP contribution in [-0.4, -0.2) is 19.5 Å². The maximum atomic E-state index is 5.42. The van der Waals surface area contributed by atoms with Crippen LogP contribution in [0.3, 0.4) is 0 Å². The van der Waals surface area contributed by atoms with E-state index in [0.29, 0.717) is 0 Å². The molecule has 0 bridgehead atoms. The fraction of sp³-hybridized carbons (Fsp3) is 0.333. The summed E-state index contributed by atoms with van der Waals surface area (Å²) in [5.41, 5.74) is 4.33. The van der Waals surface area contributed by atoms with Gasteiger partial charge in [0.25, 0.3) is 0 Å². The topological polar surface area (TPSA) is 9.23 Å². The van der Waals surface area contributed by atoms with Gasteiger partial charge in [-0.25, -0.2) is 0 Å². The van der Waals surface area contributed by atoms with Crippen LogP contribution in [0.2, 0.25) is 0 Å². The summed E-state index contributed by atoms with van der Waals surface area (Å²) in [6.45, 7) is 4.07. The fourth-order valence-electron chi connectivity index (χ4n) is 0.397. The summed E-state index contributed by atoms with van der Waals surface area (Å²) >= 11 is 0. The van der Waals surface area contributed by atoms with Crippen molar-refractivity contribution in [3.8, 4) is 0 Å². The van der Waals surface area contributed by atoms with E-state index in [1.54, 1.807) is 0 Å². The Morgan fingerprint density at radius 2 is 1.44 bits per heavy atom. The van der Waals surface area contributed by atoms with E-state index in [0.717, 1.165) is 0 Å². The summed E-state index contributed by atoms with van der Waals surface area (Å²) in [5, 5.41) is 0.